The lowest BCUT2D eigenvalue weighted by atomic mass is 10.1. The van der Waals surface area contributed by atoms with Crippen LogP contribution in [-0.2, 0) is 0 Å². The first-order valence-electron chi connectivity index (χ1n) is 8.18. The van der Waals surface area contributed by atoms with Gasteiger partial charge < -0.3 is 10.2 Å². The first-order valence-corrected chi connectivity index (χ1v) is 8.18. The Labute approximate surface area is 137 Å². The second kappa shape index (κ2) is 7.31. The molecule has 0 atom stereocenters. The van der Waals surface area contributed by atoms with Gasteiger partial charge in [-0.1, -0.05) is 13.8 Å². The lowest BCUT2D eigenvalue weighted by molar-refractivity contribution is 0.812. The summed E-state index contributed by atoms with van der Waals surface area (Å²) in [5.41, 5.74) is 3.92. The van der Waals surface area contributed by atoms with Crippen LogP contribution >= 0.6 is 0 Å². The van der Waals surface area contributed by atoms with Crippen LogP contribution in [0.2, 0.25) is 0 Å². The van der Waals surface area contributed by atoms with E-state index in [1.165, 1.54) is 5.69 Å². The van der Waals surface area contributed by atoms with E-state index in [1.807, 2.05) is 19.9 Å². The quantitative estimate of drug-likeness (QED) is 0.851. The van der Waals surface area contributed by atoms with Gasteiger partial charge in [0, 0.05) is 30.5 Å². The summed E-state index contributed by atoms with van der Waals surface area (Å²) in [6.45, 7) is 12.4. The Balaban J connectivity index is 2.29. The van der Waals surface area contributed by atoms with Crippen molar-refractivity contribution < 1.29 is 0 Å². The summed E-state index contributed by atoms with van der Waals surface area (Å²) >= 11 is 0. The number of aryl methyl sites for hydroxylation is 1. The molecule has 0 unspecified atom stereocenters. The normalized spacial score (nSPS) is 10.9. The summed E-state index contributed by atoms with van der Waals surface area (Å²) in [4.78, 5) is 21.3. The number of aromatic nitrogens is 2. The van der Waals surface area contributed by atoms with Crippen LogP contribution < -0.4 is 15.8 Å². The smallest absolute Gasteiger partial charge is 0.252 e. The number of nitrogens with one attached hydrogen (secondary N) is 2. The highest BCUT2D eigenvalue weighted by molar-refractivity contribution is 5.64. The highest BCUT2D eigenvalue weighted by Gasteiger charge is 2.08. The summed E-state index contributed by atoms with van der Waals surface area (Å²) in [7, 11) is 0. The van der Waals surface area contributed by atoms with E-state index in [4.69, 9.17) is 0 Å². The van der Waals surface area contributed by atoms with E-state index in [0.29, 0.717) is 5.95 Å². The van der Waals surface area contributed by atoms with Gasteiger partial charge in [-0.2, -0.15) is 0 Å². The highest BCUT2D eigenvalue weighted by Crippen LogP contribution is 2.24. The molecule has 2 aromatic rings. The van der Waals surface area contributed by atoms with Gasteiger partial charge >= 0.3 is 0 Å². The second-order valence-corrected chi connectivity index (χ2v) is 5.97. The summed E-state index contributed by atoms with van der Waals surface area (Å²) in [5.74, 6) is 0.698. The Morgan fingerprint density at radius 2 is 1.91 bits per heavy atom. The van der Waals surface area contributed by atoms with E-state index in [0.717, 1.165) is 30.0 Å². The topological polar surface area (TPSA) is 61.0 Å². The molecule has 0 aliphatic rings. The van der Waals surface area contributed by atoms with Gasteiger partial charge in [-0.15, -0.1) is 0 Å². The maximum Gasteiger partial charge on any atom is 0.252 e. The first-order chi connectivity index (χ1) is 10.9. The van der Waals surface area contributed by atoms with E-state index in [-0.39, 0.29) is 11.5 Å². The van der Waals surface area contributed by atoms with Crippen molar-refractivity contribution in [3.8, 4) is 0 Å². The Morgan fingerprint density at radius 1 is 1.22 bits per heavy atom. The number of H-pyrrole nitrogens is 1. The molecule has 0 spiro atoms. The van der Waals surface area contributed by atoms with Crippen molar-refractivity contribution in [3.63, 3.8) is 0 Å². The van der Waals surface area contributed by atoms with Crippen molar-refractivity contribution in [1.29, 1.82) is 0 Å². The maximum absolute atomic E-state index is 11.8. The van der Waals surface area contributed by atoms with Gasteiger partial charge in [0.25, 0.3) is 5.56 Å². The zero-order valence-corrected chi connectivity index (χ0v) is 14.6. The molecule has 1 aromatic carbocycles. The van der Waals surface area contributed by atoms with Gasteiger partial charge in [0.05, 0.1) is 5.69 Å². The molecular weight excluding hydrogens is 288 g/mol. The predicted molar refractivity (Wildman–Crippen MR) is 97.0 cm³/mol. The van der Waals surface area contributed by atoms with Crippen molar-refractivity contribution in [2.45, 2.75) is 40.5 Å². The van der Waals surface area contributed by atoms with Crippen molar-refractivity contribution in [1.82, 2.24) is 9.97 Å². The first kappa shape index (κ1) is 17.1. The number of hydrogen-bond acceptors (Lipinski definition) is 4. The highest BCUT2D eigenvalue weighted by atomic mass is 16.1. The van der Waals surface area contributed by atoms with E-state index >= 15 is 0 Å². The van der Waals surface area contributed by atoms with Gasteiger partial charge in [-0.3, -0.25) is 9.78 Å². The third-order valence-electron chi connectivity index (χ3n) is 3.94. The predicted octanol–water partition coefficient (Wildman–Crippen LogP) is 3.79. The Bertz CT molecular complexity index is 717. The molecule has 0 aliphatic carbocycles. The molecule has 0 amide bonds. The Hall–Kier alpha value is -2.30. The number of rotatable bonds is 6. The summed E-state index contributed by atoms with van der Waals surface area (Å²) in [5, 5.41) is 3.23. The Morgan fingerprint density at radius 3 is 2.48 bits per heavy atom. The number of benzene rings is 1. The third kappa shape index (κ3) is 4.12. The standard InChI is InChI=1S/C18H26N4O/c1-6-22(7-2)14-8-9-15(13(5)10-14)19-18-20-16(12(3)4)11-17(23)21-18/h8-12H,6-7H2,1-5H3,(H2,19,20,21,23). The van der Waals surface area contributed by atoms with Gasteiger partial charge in [0.1, 0.15) is 0 Å². The maximum atomic E-state index is 11.8. The number of hydrogen-bond donors (Lipinski definition) is 2. The van der Waals surface area contributed by atoms with Crippen molar-refractivity contribution in [2.24, 2.45) is 0 Å². The third-order valence-corrected chi connectivity index (χ3v) is 3.94. The minimum absolute atomic E-state index is 0.136. The fraction of sp³-hybridized carbons (Fsp3) is 0.444. The number of nitrogens with zero attached hydrogens (tertiary/aromatic N) is 2. The van der Waals surface area contributed by atoms with E-state index < -0.39 is 0 Å². The fourth-order valence-electron chi connectivity index (χ4n) is 2.53. The molecule has 5 nitrogen and oxygen atoms in total. The molecule has 23 heavy (non-hydrogen) atoms. The number of aromatic amines is 1. The van der Waals surface area contributed by atoms with Crippen LogP contribution in [0.1, 0.15) is 44.9 Å². The minimum atomic E-state index is -0.136. The van der Waals surface area contributed by atoms with Crippen molar-refractivity contribution >= 4 is 17.3 Å². The lowest BCUT2D eigenvalue weighted by Gasteiger charge is -2.22. The molecular formula is C18H26N4O. The molecule has 0 radical (unpaired) electrons. The van der Waals surface area contributed by atoms with Gasteiger partial charge in [-0.05, 0) is 50.5 Å². The SMILES string of the molecule is CCN(CC)c1ccc(Nc2nc(C(C)C)cc(=O)[nH]2)c(C)c1. The van der Waals surface area contributed by atoms with Crippen LogP contribution in [0.25, 0.3) is 0 Å². The molecule has 124 valence electrons. The average molecular weight is 314 g/mol. The lowest BCUT2D eigenvalue weighted by Crippen LogP contribution is -2.21. The molecule has 0 bridgehead atoms. The van der Waals surface area contributed by atoms with Crippen LogP contribution in [-0.4, -0.2) is 23.1 Å². The van der Waals surface area contributed by atoms with Crippen LogP contribution in [0.5, 0.6) is 0 Å². The summed E-state index contributed by atoms with van der Waals surface area (Å²) < 4.78 is 0. The summed E-state index contributed by atoms with van der Waals surface area (Å²) in [6, 6.07) is 7.82. The van der Waals surface area contributed by atoms with Gasteiger partial charge in [0.2, 0.25) is 5.95 Å². The van der Waals surface area contributed by atoms with Crippen LogP contribution in [0.15, 0.2) is 29.1 Å². The Kier molecular flexibility index (Phi) is 5.42. The van der Waals surface area contributed by atoms with Crippen molar-refractivity contribution in [3.05, 3.63) is 45.9 Å². The summed E-state index contributed by atoms with van der Waals surface area (Å²) in [6.07, 6.45) is 0. The monoisotopic (exact) mass is 314 g/mol. The van der Waals surface area contributed by atoms with E-state index in [9.17, 15) is 4.79 Å². The molecule has 5 heteroatoms. The molecule has 0 saturated carbocycles. The van der Waals surface area contributed by atoms with Crippen molar-refractivity contribution in [2.75, 3.05) is 23.3 Å². The fourth-order valence-corrected chi connectivity index (χ4v) is 2.53. The molecule has 2 rings (SSSR count). The largest absolute Gasteiger partial charge is 0.372 e. The van der Waals surface area contributed by atoms with Gasteiger partial charge in [-0.25, -0.2) is 4.98 Å². The van der Waals surface area contributed by atoms with E-state index in [2.05, 4.69) is 53.1 Å². The van der Waals surface area contributed by atoms with Crippen LogP contribution in [0, 0.1) is 6.92 Å². The zero-order chi connectivity index (χ0) is 17.0. The number of anilines is 3. The molecule has 0 saturated heterocycles. The molecule has 2 N–H and O–H groups in total. The molecule has 1 heterocycles. The second-order valence-electron chi connectivity index (χ2n) is 5.97. The molecule has 1 aromatic heterocycles. The average Bonchev–Trinajstić information content (AvgIpc) is 2.50. The van der Waals surface area contributed by atoms with Gasteiger partial charge in [0.15, 0.2) is 0 Å². The minimum Gasteiger partial charge on any atom is -0.372 e. The zero-order valence-electron chi connectivity index (χ0n) is 14.6. The molecule has 0 fully saturated rings. The molecule has 0 aliphatic heterocycles. The van der Waals surface area contributed by atoms with E-state index in [1.54, 1.807) is 6.07 Å². The van der Waals surface area contributed by atoms with Crippen LogP contribution in [0.3, 0.4) is 0 Å². The van der Waals surface area contributed by atoms with Crippen LogP contribution in [0.4, 0.5) is 17.3 Å².